The molecule has 0 unspecified atom stereocenters. The summed E-state index contributed by atoms with van der Waals surface area (Å²) in [6, 6.07) is 10.4. The summed E-state index contributed by atoms with van der Waals surface area (Å²) in [5, 5.41) is 12.6. The Balaban J connectivity index is 2.46. The van der Waals surface area contributed by atoms with Gasteiger partial charge in [0.05, 0.1) is 32.9 Å². The molecule has 2 aromatic rings. The number of carbonyl (C=O) groups is 1. The fourth-order valence-corrected chi connectivity index (χ4v) is 2.59. The summed E-state index contributed by atoms with van der Waals surface area (Å²) in [4.78, 5) is 11.5. The Hall–Kier alpha value is -3.15. The molecule has 2 N–H and O–H groups in total. The van der Waals surface area contributed by atoms with Gasteiger partial charge in [-0.1, -0.05) is 36.4 Å². The Morgan fingerprint density at radius 3 is 2.00 bits per heavy atom. The van der Waals surface area contributed by atoms with Crippen LogP contribution in [0.3, 0.4) is 0 Å². The monoisotopic (exact) mass is 357 g/mol. The lowest BCUT2D eigenvalue weighted by Gasteiger charge is -2.22. The summed E-state index contributed by atoms with van der Waals surface area (Å²) >= 11 is 0. The zero-order valence-electron chi connectivity index (χ0n) is 15.3. The molecule has 6 nitrogen and oxygen atoms in total. The van der Waals surface area contributed by atoms with E-state index in [1.54, 1.807) is 12.1 Å². The van der Waals surface area contributed by atoms with Crippen LogP contribution in [-0.2, 0) is 4.79 Å². The molecular formula is C20H23NO5. The topological polar surface area (TPSA) is 77.0 Å². The molecule has 2 rings (SSSR count). The second kappa shape index (κ2) is 8.29. The third-order valence-corrected chi connectivity index (χ3v) is 4.01. The normalized spacial score (nSPS) is 11.4. The highest BCUT2D eigenvalue weighted by Crippen LogP contribution is 2.41. The highest BCUT2D eigenvalue weighted by molar-refractivity contribution is 5.88. The zero-order valence-corrected chi connectivity index (χ0v) is 15.3. The maximum absolute atomic E-state index is 11.5. The van der Waals surface area contributed by atoms with Gasteiger partial charge in [-0.15, -0.1) is 0 Å². The van der Waals surface area contributed by atoms with Crippen molar-refractivity contribution in [2.24, 2.45) is 0 Å². The van der Waals surface area contributed by atoms with Crippen LogP contribution in [0.1, 0.15) is 17.2 Å². The van der Waals surface area contributed by atoms with Crippen molar-refractivity contribution in [2.45, 2.75) is 13.0 Å². The number of carboxylic acids is 1. The number of hydrogen-bond donors (Lipinski definition) is 2. The van der Waals surface area contributed by atoms with Gasteiger partial charge in [0.25, 0.3) is 0 Å². The number of carboxylic acid groups (broad SMARTS) is 1. The van der Waals surface area contributed by atoms with E-state index in [4.69, 9.17) is 14.2 Å². The first-order chi connectivity index (χ1) is 12.4. The fraction of sp³-hybridized carbons (Fsp3) is 0.250. The van der Waals surface area contributed by atoms with Crippen molar-refractivity contribution < 1.29 is 24.1 Å². The third kappa shape index (κ3) is 4.08. The molecule has 0 bridgehead atoms. The largest absolute Gasteiger partial charge is 0.493 e. The lowest BCUT2D eigenvalue weighted by atomic mass is 9.98. The Morgan fingerprint density at radius 1 is 1.04 bits per heavy atom. The number of aryl methyl sites for hydroxylation is 1. The number of methoxy groups -OCH3 is 3. The molecule has 0 heterocycles. The second-order valence-corrected chi connectivity index (χ2v) is 5.73. The van der Waals surface area contributed by atoms with Crippen LogP contribution in [0, 0.1) is 6.92 Å². The van der Waals surface area contributed by atoms with Crippen LogP contribution in [0.2, 0.25) is 0 Å². The van der Waals surface area contributed by atoms with Crippen molar-refractivity contribution in [3.05, 3.63) is 59.7 Å². The summed E-state index contributed by atoms with van der Waals surface area (Å²) in [6.07, 6.45) is 0. The number of rotatable bonds is 8. The van der Waals surface area contributed by atoms with E-state index >= 15 is 0 Å². The smallest absolute Gasteiger partial charge is 0.333 e. The molecule has 0 amide bonds. The van der Waals surface area contributed by atoms with Gasteiger partial charge in [-0.3, -0.25) is 0 Å². The first-order valence-corrected chi connectivity index (χ1v) is 7.96. The van der Waals surface area contributed by atoms with E-state index in [-0.39, 0.29) is 5.57 Å². The van der Waals surface area contributed by atoms with Crippen molar-refractivity contribution in [2.75, 3.05) is 26.6 Å². The van der Waals surface area contributed by atoms with Crippen molar-refractivity contribution in [3.8, 4) is 17.2 Å². The predicted octanol–water partition coefficient (Wildman–Crippen LogP) is 3.81. The number of benzene rings is 2. The first kappa shape index (κ1) is 19.2. The van der Waals surface area contributed by atoms with Gasteiger partial charge in [0.2, 0.25) is 5.75 Å². The third-order valence-electron chi connectivity index (χ3n) is 4.01. The van der Waals surface area contributed by atoms with Crippen LogP contribution >= 0.6 is 0 Å². The second-order valence-electron chi connectivity index (χ2n) is 5.73. The minimum atomic E-state index is -1.07. The summed E-state index contributed by atoms with van der Waals surface area (Å²) in [5.41, 5.74) is 2.52. The van der Waals surface area contributed by atoms with Gasteiger partial charge in [-0.05, 0) is 12.5 Å². The molecule has 0 aliphatic carbocycles. The highest BCUT2D eigenvalue weighted by Gasteiger charge is 2.22. The van der Waals surface area contributed by atoms with Crippen molar-refractivity contribution in [3.63, 3.8) is 0 Å². The number of nitrogens with one attached hydrogen (secondary N) is 1. The Labute approximate surface area is 153 Å². The van der Waals surface area contributed by atoms with E-state index in [1.807, 2.05) is 31.2 Å². The molecule has 6 heteroatoms. The summed E-state index contributed by atoms with van der Waals surface area (Å²) < 4.78 is 16.0. The van der Waals surface area contributed by atoms with Crippen LogP contribution in [-0.4, -0.2) is 32.4 Å². The SMILES string of the molecule is C=C(C(=O)O)[C@@H](Nc1cc(OC)c(OC)c(OC)c1)c1ccc(C)cc1. The van der Waals surface area contributed by atoms with Gasteiger partial charge in [-0.25, -0.2) is 4.79 Å². The number of aliphatic carboxylic acids is 1. The molecule has 0 radical (unpaired) electrons. The Kier molecular flexibility index (Phi) is 6.11. The van der Waals surface area contributed by atoms with E-state index < -0.39 is 12.0 Å². The quantitative estimate of drug-likeness (QED) is 0.700. The van der Waals surface area contributed by atoms with Crippen LogP contribution in [0.25, 0.3) is 0 Å². The molecule has 1 atom stereocenters. The van der Waals surface area contributed by atoms with E-state index in [0.717, 1.165) is 11.1 Å². The Bertz CT molecular complexity index is 773. The van der Waals surface area contributed by atoms with Gasteiger partial charge in [0.1, 0.15) is 0 Å². The molecule has 0 fully saturated rings. The van der Waals surface area contributed by atoms with E-state index in [1.165, 1.54) is 21.3 Å². The van der Waals surface area contributed by atoms with Gasteiger partial charge in [0, 0.05) is 17.8 Å². The standard InChI is InChI=1S/C20H23NO5/c1-12-6-8-14(9-7-12)18(13(2)20(22)23)21-15-10-16(24-3)19(26-5)17(11-15)25-4/h6-11,18,21H,2H2,1,3-5H3,(H,22,23)/t18-/m1/s1. The molecule has 0 aliphatic rings. The van der Waals surface area contributed by atoms with Gasteiger partial charge in [0.15, 0.2) is 11.5 Å². The molecule has 0 aromatic heterocycles. The zero-order chi connectivity index (χ0) is 19.3. The molecule has 0 spiro atoms. The lowest BCUT2D eigenvalue weighted by molar-refractivity contribution is -0.132. The summed E-state index contributed by atoms with van der Waals surface area (Å²) in [7, 11) is 4.57. The average molecular weight is 357 g/mol. The molecular weight excluding hydrogens is 334 g/mol. The fourth-order valence-electron chi connectivity index (χ4n) is 2.59. The van der Waals surface area contributed by atoms with Gasteiger partial charge >= 0.3 is 5.97 Å². The van der Waals surface area contributed by atoms with E-state index in [9.17, 15) is 9.90 Å². The summed E-state index contributed by atoms with van der Waals surface area (Å²) in [6.45, 7) is 5.69. The van der Waals surface area contributed by atoms with E-state index in [0.29, 0.717) is 22.9 Å². The molecule has 0 saturated carbocycles. The maximum Gasteiger partial charge on any atom is 0.333 e. The molecule has 0 saturated heterocycles. The molecule has 138 valence electrons. The molecule has 0 aliphatic heterocycles. The Morgan fingerprint density at radius 2 is 1.58 bits per heavy atom. The van der Waals surface area contributed by atoms with Crippen LogP contribution in [0.15, 0.2) is 48.6 Å². The van der Waals surface area contributed by atoms with Crippen molar-refractivity contribution in [1.29, 1.82) is 0 Å². The number of hydrogen-bond acceptors (Lipinski definition) is 5. The van der Waals surface area contributed by atoms with Crippen molar-refractivity contribution in [1.82, 2.24) is 0 Å². The minimum Gasteiger partial charge on any atom is -0.493 e. The molecule has 26 heavy (non-hydrogen) atoms. The van der Waals surface area contributed by atoms with Crippen LogP contribution < -0.4 is 19.5 Å². The lowest BCUT2D eigenvalue weighted by Crippen LogP contribution is -2.18. The first-order valence-electron chi connectivity index (χ1n) is 7.96. The van der Waals surface area contributed by atoms with Crippen LogP contribution in [0.4, 0.5) is 5.69 Å². The maximum atomic E-state index is 11.5. The minimum absolute atomic E-state index is 0.0302. The van der Waals surface area contributed by atoms with Gasteiger partial charge in [-0.2, -0.15) is 0 Å². The van der Waals surface area contributed by atoms with Crippen LogP contribution in [0.5, 0.6) is 17.2 Å². The summed E-state index contributed by atoms with van der Waals surface area (Å²) in [5.74, 6) is 0.330. The number of ether oxygens (including phenoxy) is 3. The van der Waals surface area contributed by atoms with E-state index in [2.05, 4.69) is 11.9 Å². The predicted molar refractivity (Wildman–Crippen MR) is 100 cm³/mol. The van der Waals surface area contributed by atoms with Gasteiger partial charge < -0.3 is 24.6 Å². The average Bonchev–Trinajstić information content (AvgIpc) is 2.65. The highest BCUT2D eigenvalue weighted by atomic mass is 16.5. The number of anilines is 1. The van der Waals surface area contributed by atoms with Crippen molar-refractivity contribution >= 4 is 11.7 Å². The molecule has 2 aromatic carbocycles.